The van der Waals surface area contributed by atoms with Crippen LogP contribution in [-0.4, -0.2) is 11.9 Å². The van der Waals surface area contributed by atoms with Crippen molar-refractivity contribution in [3.8, 4) is 11.5 Å². The van der Waals surface area contributed by atoms with E-state index in [1.165, 1.54) is 0 Å². The van der Waals surface area contributed by atoms with E-state index in [0.29, 0.717) is 17.7 Å². The smallest absolute Gasteiger partial charge is 0.218 e. The van der Waals surface area contributed by atoms with Crippen LogP contribution in [0.15, 0.2) is 36.4 Å². The normalized spacial score (nSPS) is 13.3. The zero-order chi connectivity index (χ0) is 19.3. The van der Waals surface area contributed by atoms with Crippen molar-refractivity contribution < 1.29 is 13.9 Å². The summed E-state index contributed by atoms with van der Waals surface area (Å²) in [5.41, 5.74) is 6.75. The van der Waals surface area contributed by atoms with Gasteiger partial charge in [-0.05, 0) is 38.5 Å². The molecule has 0 aliphatic rings. The lowest BCUT2D eigenvalue weighted by molar-refractivity contribution is -0.118. The van der Waals surface area contributed by atoms with E-state index in [2.05, 4.69) is 5.32 Å². The maximum atomic E-state index is 15.1. The number of halogens is 2. The van der Waals surface area contributed by atoms with Gasteiger partial charge < -0.3 is 15.8 Å². The SMILES string of the molecule is CC[C@@H](N[C@@H](C)CC(N)=O)c1ccc(Cl)c(Oc2ccc(C)cc2)c1F. The highest BCUT2D eigenvalue weighted by molar-refractivity contribution is 6.32. The van der Waals surface area contributed by atoms with Crippen LogP contribution < -0.4 is 15.8 Å². The second kappa shape index (κ2) is 9.01. The minimum atomic E-state index is -0.510. The third kappa shape index (κ3) is 5.19. The minimum absolute atomic E-state index is 0.00387. The van der Waals surface area contributed by atoms with Crippen LogP contribution in [-0.2, 0) is 4.79 Å². The highest BCUT2D eigenvalue weighted by atomic mass is 35.5. The Hall–Kier alpha value is -2.11. The number of carbonyl (C=O) groups excluding carboxylic acids is 1. The van der Waals surface area contributed by atoms with Gasteiger partial charge in [-0.1, -0.05) is 42.3 Å². The van der Waals surface area contributed by atoms with Gasteiger partial charge in [-0.15, -0.1) is 0 Å². The number of carbonyl (C=O) groups is 1. The number of aryl methyl sites for hydroxylation is 1. The van der Waals surface area contributed by atoms with Crippen LogP contribution in [0.4, 0.5) is 4.39 Å². The lowest BCUT2D eigenvalue weighted by Crippen LogP contribution is -2.34. The Labute approximate surface area is 158 Å². The number of benzene rings is 2. The van der Waals surface area contributed by atoms with Crippen LogP contribution in [0.5, 0.6) is 11.5 Å². The lowest BCUT2D eigenvalue weighted by atomic mass is 10.0. The molecule has 0 bridgehead atoms. The Balaban J connectivity index is 2.28. The molecule has 0 aromatic heterocycles. The Kier molecular flexibility index (Phi) is 7.00. The molecule has 0 fully saturated rings. The minimum Gasteiger partial charge on any atom is -0.453 e. The summed E-state index contributed by atoms with van der Waals surface area (Å²) < 4.78 is 20.8. The highest BCUT2D eigenvalue weighted by Gasteiger charge is 2.22. The fraction of sp³-hybridized carbons (Fsp3) is 0.350. The highest BCUT2D eigenvalue weighted by Crippen LogP contribution is 2.36. The van der Waals surface area contributed by atoms with Gasteiger partial charge in [-0.3, -0.25) is 4.79 Å². The summed E-state index contributed by atoms with van der Waals surface area (Å²) in [7, 11) is 0. The molecule has 0 saturated heterocycles. The monoisotopic (exact) mass is 378 g/mol. The summed E-state index contributed by atoms with van der Waals surface area (Å²) in [6.07, 6.45) is 0.810. The number of rotatable bonds is 8. The van der Waals surface area contributed by atoms with Gasteiger partial charge >= 0.3 is 0 Å². The topological polar surface area (TPSA) is 64.3 Å². The first kappa shape index (κ1) is 20.2. The molecule has 2 aromatic rings. The fourth-order valence-corrected chi connectivity index (χ4v) is 2.95. The second-order valence-corrected chi connectivity index (χ2v) is 6.80. The number of amides is 1. The van der Waals surface area contributed by atoms with Gasteiger partial charge in [0.2, 0.25) is 5.91 Å². The summed E-state index contributed by atoms with van der Waals surface area (Å²) >= 11 is 6.16. The van der Waals surface area contributed by atoms with Crippen molar-refractivity contribution in [3.63, 3.8) is 0 Å². The average molecular weight is 379 g/mol. The summed E-state index contributed by atoms with van der Waals surface area (Å²) in [6.45, 7) is 5.73. The van der Waals surface area contributed by atoms with Gasteiger partial charge in [-0.2, -0.15) is 0 Å². The van der Waals surface area contributed by atoms with Crippen molar-refractivity contribution in [2.75, 3.05) is 0 Å². The lowest BCUT2D eigenvalue weighted by Gasteiger charge is -2.23. The van der Waals surface area contributed by atoms with Crippen LogP contribution in [0.3, 0.4) is 0 Å². The molecule has 0 aliphatic heterocycles. The molecule has 0 heterocycles. The second-order valence-electron chi connectivity index (χ2n) is 6.39. The first-order valence-corrected chi connectivity index (χ1v) is 8.96. The van der Waals surface area contributed by atoms with E-state index in [1.807, 2.05) is 32.9 Å². The van der Waals surface area contributed by atoms with Crippen molar-refractivity contribution >= 4 is 17.5 Å². The van der Waals surface area contributed by atoms with Crippen LogP contribution in [0.25, 0.3) is 0 Å². The molecular formula is C20H24ClFN2O2. The van der Waals surface area contributed by atoms with Crippen LogP contribution in [0, 0.1) is 12.7 Å². The van der Waals surface area contributed by atoms with Crippen LogP contribution in [0.2, 0.25) is 5.02 Å². The first-order chi connectivity index (χ1) is 12.3. The van der Waals surface area contributed by atoms with Crippen molar-refractivity contribution in [2.45, 2.75) is 45.7 Å². The third-order valence-corrected chi connectivity index (χ3v) is 4.39. The number of nitrogens with two attached hydrogens (primary N) is 1. The Morgan fingerprint density at radius 2 is 1.92 bits per heavy atom. The van der Waals surface area contributed by atoms with E-state index in [4.69, 9.17) is 22.1 Å². The molecule has 0 aliphatic carbocycles. The van der Waals surface area contributed by atoms with Gasteiger partial charge in [0.1, 0.15) is 5.75 Å². The van der Waals surface area contributed by atoms with E-state index >= 15 is 4.39 Å². The van der Waals surface area contributed by atoms with Crippen molar-refractivity contribution in [1.82, 2.24) is 5.32 Å². The molecule has 3 N–H and O–H groups in total. The van der Waals surface area contributed by atoms with Crippen molar-refractivity contribution in [1.29, 1.82) is 0 Å². The predicted octanol–water partition coefficient (Wildman–Crippen LogP) is 4.88. The van der Waals surface area contributed by atoms with E-state index in [9.17, 15) is 4.79 Å². The maximum Gasteiger partial charge on any atom is 0.218 e. The number of hydrogen-bond acceptors (Lipinski definition) is 3. The summed E-state index contributed by atoms with van der Waals surface area (Å²) in [5, 5.41) is 3.43. The number of nitrogens with one attached hydrogen (secondary N) is 1. The predicted molar refractivity (Wildman–Crippen MR) is 102 cm³/mol. The van der Waals surface area contributed by atoms with E-state index in [0.717, 1.165) is 5.56 Å². The largest absolute Gasteiger partial charge is 0.453 e. The summed E-state index contributed by atoms with van der Waals surface area (Å²) in [5.74, 6) is -0.406. The van der Waals surface area contributed by atoms with Gasteiger partial charge in [0, 0.05) is 24.1 Å². The zero-order valence-corrected chi connectivity index (χ0v) is 15.9. The molecular weight excluding hydrogens is 355 g/mol. The summed E-state index contributed by atoms with van der Waals surface area (Å²) in [6, 6.07) is 10.1. The molecule has 2 rings (SSSR count). The molecule has 140 valence electrons. The Morgan fingerprint density at radius 1 is 1.27 bits per heavy atom. The van der Waals surface area contributed by atoms with Crippen molar-refractivity contribution in [3.05, 3.63) is 58.4 Å². The molecule has 2 aromatic carbocycles. The molecule has 0 saturated carbocycles. The molecule has 0 unspecified atom stereocenters. The van der Waals surface area contributed by atoms with Crippen molar-refractivity contribution in [2.24, 2.45) is 5.73 Å². The Morgan fingerprint density at radius 3 is 2.50 bits per heavy atom. The number of hydrogen-bond donors (Lipinski definition) is 2. The first-order valence-electron chi connectivity index (χ1n) is 8.58. The molecule has 0 radical (unpaired) electrons. The Bertz CT molecular complexity index is 765. The molecule has 2 atom stereocenters. The van der Waals surface area contributed by atoms with Gasteiger partial charge in [0.15, 0.2) is 11.6 Å². The maximum absolute atomic E-state index is 15.1. The van der Waals surface area contributed by atoms with Gasteiger partial charge in [-0.25, -0.2) is 4.39 Å². The zero-order valence-electron chi connectivity index (χ0n) is 15.2. The van der Waals surface area contributed by atoms with E-state index in [-0.39, 0.29) is 29.3 Å². The van der Waals surface area contributed by atoms with Gasteiger partial charge in [0.05, 0.1) is 5.02 Å². The van der Waals surface area contributed by atoms with E-state index < -0.39 is 11.7 Å². The standard InChI is InChI=1S/C20H24ClFN2O2/c1-4-17(24-13(3)11-18(23)25)15-9-10-16(21)20(19(15)22)26-14-7-5-12(2)6-8-14/h5-10,13,17,24H,4,11H2,1-3H3,(H2,23,25)/t13-,17+/m0/s1. The van der Waals surface area contributed by atoms with E-state index in [1.54, 1.807) is 24.3 Å². The van der Waals surface area contributed by atoms with Crippen LogP contribution in [0.1, 0.15) is 43.9 Å². The summed E-state index contributed by atoms with van der Waals surface area (Å²) in [4.78, 5) is 11.1. The third-order valence-electron chi connectivity index (χ3n) is 4.10. The van der Waals surface area contributed by atoms with Gasteiger partial charge in [0.25, 0.3) is 0 Å². The number of ether oxygens (including phenoxy) is 1. The molecule has 26 heavy (non-hydrogen) atoms. The molecule has 4 nitrogen and oxygen atoms in total. The van der Waals surface area contributed by atoms with Crippen LogP contribution >= 0.6 is 11.6 Å². The molecule has 6 heteroatoms. The molecule has 1 amide bonds. The fourth-order valence-electron chi connectivity index (χ4n) is 2.77. The molecule has 0 spiro atoms. The quantitative estimate of drug-likeness (QED) is 0.687. The average Bonchev–Trinajstić information content (AvgIpc) is 2.58. The number of primary amides is 1.